The summed E-state index contributed by atoms with van der Waals surface area (Å²) in [6.07, 6.45) is 1.12. The van der Waals surface area contributed by atoms with Crippen molar-refractivity contribution >= 4 is 44.8 Å². The van der Waals surface area contributed by atoms with Gasteiger partial charge in [-0.1, -0.05) is 0 Å². The number of pyridine rings is 1. The van der Waals surface area contributed by atoms with Crippen LogP contribution in [0.3, 0.4) is 0 Å². The van der Waals surface area contributed by atoms with Gasteiger partial charge >= 0.3 is 204 Å². The summed E-state index contributed by atoms with van der Waals surface area (Å²) >= 11 is 0.101. The minimum atomic E-state index is -0.0645. The Labute approximate surface area is 203 Å². The Bertz CT molecular complexity index is 1570. The minimum absolute atomic E-state index is 0.0645. The van der Waals surface area contributed by atoms with Crippen LogP contribution in [-0.4, -0.2) is 29.5 Å². The van der Waals surface area contributed by atoms with Gasteiger partial charge in [0.25, 0.3) is 0 Å². The van der Waals surface area contributed by atoms with E-state index in [1.165, 1.54) is 25.0 Å². The maximum atomic E-state index is 8.40. The molecule has 3 aromatic heterocycles. The average molecular weight is 502 g/mol. The normalized spacial score (nSPS) is 13.2. The Kier molecular flexibility index (Phi) is 4.94. The van der Waals surface area contributed by atoms with Gasteiger partial charge in [0.05, 0.1) is 0 Å². The van der Waals surface area contributed by atoms with Gasteiger partial charge in [0, 0.05) is 0 Å². The van der Waals surface area contributed by atoms with Crippen LogP contribution < -0.4 is 0 Å². The summed E-state index contributed by atoms with van der Waals surface area (Å²) in [4.78, 5) is 14.1. The summed E-state index contributed by atoms with van der Waals surface area (Å²) in [5.41, 5.74) is 7.71. The molecule has 0 saturated heterocycles. The van der Waals surface area contributed by atoms with Crippen LogP contribution in [-0.2, 0) is 11.8 Å². The molecule has 0 N–H and O–H groups in total. The third-order valence-corrected chi connectivity index (χ3v) is 8.42. The fourth-order valence-corrected chi connectivity index (χ4v) is 7.09. The van der Waals surface area contributed by atoms with Gasteiger partial charge in [-0.2, -0.15) is 0 Å². The van der Waals surface area contributed by atoms with Gasteiger partial charge in [-0.15, -0.1) is 0 Å². The van der Waals surface area contributed by atoms with E-state index in [4.69, 9.17) is 6.35 Å². The molecule has 4 heteroatoms. The predicted molar refractivity (Wildman–Crippen MR) is 141 cm³/mol. The number of hydrogen-bond acceptors (Lipinski definition) is 3. The van der Waals surface area contributed by atoms with Crippen molar-refractivity contribution in [3.05, 3.63) is 65.6 Å². The molecule has 3 nitrogen and oxygen atoms in total. The van der Waals surface area contributed by atoms with E-state index in [1.54, 1.807) is 0 Å². The molecule has 0 fully saturated rings. The van der Waals surface area contributed by atoms with Gasteiger partial charge < -0.3 is 0 Å². The van der Waals surface area contributed by atoms with Gasteiger partial charge in [-0.3, -0.25) is 0 Å². The average Bonchev–Trinajstić information content (AvgIpc) is 3.08. The third-order valence-electron chi connectivity index (χ3n) is 6.01. The number of nitrogens with zero attached hydrogens (tertiary/aromatic N) is 3. The molecular formula is C29H31N3Se. The Balaban J connectivity index is 1.78. The summed E-state index contributed by atoms with van der Waals surface area (Å²) < 4.78 is 10.9. The van der Waals surface area contributed by atoms with Crippen LogP contribution in [0.4, 0.5) is 0 Å². The van der Waals surface area contributed by atoms with E-state index in [-0.39, 0.29) is 31.6 Å². The third kappa shape index (κ3) is 4.23. The second-order valence-electron chi connectivity index (χ2n) is 11.3. The van der Waals surface area contributed by atoms with E-state index in [1.807, 2.05) is 6.92 Å². The van der Waals surface area contributed by atoms with Crippen LogP contribution in [0, 0.1) is 12.3 Å². The number of rotatable bonds is 2. The summed E-state index contributed by atoms with van der Waals surface area (Å²) in [5, 5.41) is 2.28. The molecule has 0 aliphatic carbocycles. The fourth-order valence-electron chi connectivity index (χ4n) is 4.53. The summed E-state index contributed by atoms with van der Waals surface area (Å²) in [5.74, 6) is 0. The molecular weight excluding hydrogens is 469 g/mol. The van der Waals surface area contributed by atoms with Crippen molar-refractivity contribution in [1.82, 2.24) is 15.0 Å². The molecule has 0 spiro atoms. The first-order valence-corrected chi connectivity index (χ1v) is 13.2. The molecule has 0 unspecified atom stereocenters. The zero-order valence-electron chi connectivity index (χ0n) is 21.5. The molecule has 0 aliphatic rings. The zero-order valence-corrected chi connectivity index (χ0v) is 22.2. The van der Waals surface area contributed by atoms with E-state index in [2.05, 4.69) is 94.0 Å². The summed E-state index contributed by atoms with van der Waals surface area (Å²) in [7, 11) is 0. The SMILES string of the molecule is [2H]c1nc(-c2cc(C(C)(C)C)c3nc(C)ccc3c2)c2[se]c3cc(CC(C)(C)C)ccc3c2n1. The first-order chi connectivity index (χ1) is 15.9. The summed E-state index contributed by atoms with van der Waals surface area (Å²) in [6.45, 7) is 15.6. The number of hydrogen-bond donors (Lipinski definition) is 0. The molecule has 33 heavy (non-hydrogen) atoms. The van der Waals surface area contributed by atoms with Gasteiger partial charge in [-0.05, 0) is 0 Å². The van der Waals surface area contributed by atoms with Crippen LogP contribution in [0.1, 0.15) is 59.7 Å². The molecule has 3 heterocycles. The number of aryl methyl sites for hydroxylation is 1. The molecule has 5 rings (SSSR count). The Morgan fingerprint density at radius 3 is 2.42 bits per heavy atom. The Hall–Kier alpha value is -2.55. The molecule has 0 radical (unpaired) electrons. The van der Waals surface area contributed by atoms with Crippen LogP contribution in [0.2, 0.25) is 0 Å². The first-order valence-electron chi connectivity index (χ1n) is 12.0. The van der Waals surface area contributed by atoms with E-state index in [9.17, 15) is 0 Å². The van der Waals surface area contributed by atoms with Crippen molar-refractivity contribution in [2.24, 2.45) is 5.41 Å². The Morgan fingerprint density at radius 2 is 1.70 bits per heavy atom. The molecule has 0 bridgehead atoms. The van der Waals surface area contributed by atoms with Crippen LogP contribution >= 0.6 is 0 Å². The molecule has 0 atom stereocenters. The zero-order chi connectivity index (χ0) is 24.4. The predicted octanol–water partition coefficient (Wildman–Crippen LogP) is 7.25. The quantitative estimate of drug-likeness (QED) is 0.239. The summed E-state index contributed by atoms with van der Waals surface area (Å²) in [6, 6.07) is 15.4. The van der Waals surface area contributed by atoms with Crippen molar-refractivity contribution in [3.63, 3.8) is 0 Å². The van der Waals surface area contributed by atoms with Crippen LogP contribution in [0.25, 0.3) is 41.6 Å². The van der Waals surface area contributed by atoms with Gasteiger partial charge in [0.2, 0.25) is 0 Å². The number of aromatic nitrogens is 3. The monoisotopic (exact) mass is 502 g/mol. The molecule has 5 aromatic rings. The topological polar surface area (TPSA) is 38.7 Å². The van der Waals surface area contributed by atoms with Crippen molar-refractivity contribution in [3.8, 4) is 11.3 Å². The number of benzene rings is 2. The van der Waals surface area contributed by atoms with Crippen molar-refractivity contribution < 1.29 is 1.37 Å². The van der Waals surface area contributed by atoms with Gasteiger partial charge in [0.15, 0.2) is 0 Å². The fraction of sp³-hybridized carbons (Fsp3) is 0.345. The van der Waals surface area contributed by atoms with Crippen molar-refractivity contribution in [2.75, 3.05) is 0 Å². The molecule has 0 aliphatic heterocycles. The van der Waals surface area contributed by atoms with E-state index < -0.39 is 0 Å². The molecule has 2 aromatic carbocycles. The molecule has 0 amide bonds. The molecule has 168 valence electrons. The van der Waals surface area contributed by atoms with E-state index >= 15 is 0 Å². The Morgan fingerprint density at radius 1 is 0.909 bits per heavy atom. The van der Waals surface area contributed by atoms with Gasteiger partial charge in [-0.25, -0.2) is 0 Å². The second-order valence-corrected chi connectivity index (χ2v) is 13.5. The van der Waals surface area contributed by atoms with E-state index in [0.29, 0.717) is 0 Å². The van der Waals surface area contributed by atoms with Crippen molar-refractivity contribution in [1.29, 1.82) is 0 Å². The van der Waals surface area contributed by atoms with Crippen LogP contribution in [0.5, 0.6) is 0 Å². The maximum absolute atomic E-state index is 8.40. The first kappa shape index (κ1) is 21.0. The van der Waals surface area contributed by atoms with Gasteiger partial charge in [0.1, 0.15) is 0 Å². The standard InChI is InChI=1S/C29H31N3Se/c1-17-8-10-19-13-20(14-22(24(19)32-17)29(5,6)7)25-27-26(31-16-30-25)21-11-9-18(12-23(21)33-27)15-28(2,3)4/h8-14,16H,15H2,1-7H3/i16D. The van der Waals surface area contributed by atoms with Crippen molar-refractivity contribution in [2.45, 2.75) is 60.3 Å². The van der Waals surface area contributed by atoms with E-state index in [0.717, 1.165) is 39.8 Å². The molecule has 0 saturated carbocycles. The van der Waals surface area contributed by atoms with Crippen LogP contribution in [0.15, 0.2) is 48.8 Å². The number of fused-ring (bicyclic) bond motifs is 4. The second kappa shape index (κ2) is 7.75.